The molecule has 1 fully saturated rings. The van der Waals surface area contributed by atoms with Crippen molar-refractivity contribution in [2.45, 2.75) is 18.9 Å². The number of aliphatic hydroxyl groups excluding tert-OH is 1. The van der Waals surface area contributed by atoms with Crippen LogP contribution in [0.4, 0.5) is 17.6 Å². The van der Waals surface area contributed by atoms with Crippen LogP contribution in [0.15, 0.2) is 6.07 Å². The van der Waals surface area contributed by atoms with Crippen LogP contribution in [-0.2, 0) is 0 Å². The van der Waals surface area contributed by atoms with E-state index >= 15 is 0 Å². The van der Waals surface area contributed by atoms with Crippen molar-refractivity contribution in [3.8, 4) is 0 Å². The fourth-order valence-corrected chi connectivity index (χ4v) is 1.80. The monoisotopic (exact) mass is 209 g/mol. The van der Waals surface area contributed by atoms with E-state index in [9.17, 15) is 5.11 Å². The Labute approximate surface area is 87.9 Å². The molecule has 1 aromatic heterocycles. The van der Waals surface area contributed by atoms with Gasteiger partial charge in [-0.15, -0.1) is 0 Å². The maximum Gasteiger partial charge on any atom is 0.223 e. The first-order chi connectivity index (χ1) is 7.15. The Morgan fingerprint density at radius 2 is 2.20 bits per heavy atom. The van der Waals surface area contributed by atoms with Crippen molar-refractivity contribution in [1.29, 1.82) is 0 Å². The second-order valence-corrected chi connectivity index (χ2v) is 3.75. The Kier molecular flexibility index (Phi) is 2.59. The van der Waals surface area contributed by atoms with E-state index in [0.717, 1.165) is 19.4 Å². The van der Waals surface area contributed by atoms with Gasteiger partial charge in [0.2, 0.25) is 5.95 Å². The highest BCUT2D eigenvalue weighted by Gasteiger charge is 2.19. The van der Waals surface area contributed by atoms with Crippen molar-refractivity contribution in [2.24, 2.45) is 0 Å². The third kappa shape index (κ3) is 2.27. The predicted molar refractivity (Wildman–Crippen MR) is 58.3 cm³/mol. The molecule has 1 aliphatic heterocycles. The van der Waals surface area contributed by atoms with Crippen molar-refractivity contribution < 1.29 is 5.11 Å². The number of nitrogens with zero attached hydrogens (tertiary/aromatic N) is 3. The maximum absolute atomic E-state index is 9.53. The molecule has 1 saturated heterocycles. The topological polar surface area (TPSA) is 101 Å². The van der Waals surface area contributed by atoms with Crippen LogP contribution < -0.4 is 16.4 Å². The number of aromatic nitrogens is 2. The van der Waals surface area contributed by atoms with Crippen LogP contribution in [0.3, 0.4) is 0 Å². The third-order valence-electron chi connectivity index (χ3n) is 2.47. The van der Waals surface area contributed by atoms with Crippen LogP contribution in [0, 0.1) is 0 Å². The normalized spacial score (nSPS) is 21.7. The summed E-state index contributed by atoms with van der Waals surface area (Å²) in [5, 5.41) is 9.53. The van der Waals surface area contributed by atoms with E-state index < -0.39 is 0 Å². The SMILES string of the molecule is Nc1cc(N2CCCC(O)C2)nc(N)n1. The van der Waals surface area contributed by atoms with E-state index in [4.69, 9.17) is 11.5 Å². The molecule has 1 aromatic rings. The molecule has 1 aliphatic rings. The summed E-state index contributed by atoms with van der Waals surface area (Å²) >= 11 is 0. The largest absolute Gasteiger partial charge is 0.391 e. The lowest BCUT2D eigenvalue weighted by molar-refractivity contribution is 0.154. The Hall–Kier alpha value is -1.56. The Bertz CT molecular complexity index is 336. The van der Waals surface area contributed by atoms with Gasteiger partial charge in [-0.2, -0.15) is 9.97 Å². The molecule has 0 aliphatic carbocycles. The summed E-state index contributed by atoms with van der Waals surface area (Å²) in [6.45, 7) is 1.45. The van der Waals surface area contributed by atoms with Crippen LogP contribution in [-0.4, -0.2) is 34.3 Å². The standard InChI is InChI=1S/C9H15N5O/c10-7-4-8(13-9(11)12-7)14-3-1-2-6(15)5-14/h4,6,15H,1-3,5H2,(H4,10,11,12,13). The lowest BCUT2D eigenvalue weighted by Crippen LogP contribution is -2.38. The molecular weight excluding hydrogens is 194 g/mol. The summed E-state index contributed by atoms with van der Waals surface area (Å²) < 4.78 is 0. The second kappa shape index (κ2) is 3.90. The molecule has 1 atom stereocenters. The van der Waals surface area contributed by atoms with Crippen LogP contribution in [0.1, 0.15) is 12.8 Å². The molecule has 0 bridgehead atoms. The minimum absolute atomic E-state index is 0.171. The van der Waals surface area contributed by atoms with Gasteiger partial charge in [0, 0.05) is 19.2 Å². The van der Waals surface area contributed by atoms with Crippen LogP contribution in [0.5, 0.6) is 0 Å². The highest BCUT2D eigenvalue weighted by atomic mass is 16.3. The zero-order valence-corrected chi connectivity index (χ0v) is 8.43. The van der Waals surface area contributed by atoms with E-state index in [2.05, 4.69) is 9.97 Å². The first kappa shape index (κ1) is 9.97. The summed E-state index contributed by atoms with van der Waals surface area (Å²) in [5.74, 6) is 1.22. The summed E-state index contributed by atoms with van der Waals surface area (Å²) in [6.07, 6.45) is 1.49. The molecule has 2 heterocycles. The highest BCUT2D eigenvalue weighted by molar-refractivity contribution is 5.50. The number of aliphatic hydroxyl groups is 1. The van der Waals surface area contributed by atoms with Gasteiger partial charge in [0.15, 0.2) is 0 Å². The van der Waals surface area contributed by atoms with Gasteiger partial charge < -0.3 is 21.5 Å². The van der Waals surface area contributed by atoms with Gasteiger partial charge in [0.1, 0.15) is 11.6 Å². The van der Waals surface area contributed by atoms with E-state index in [1.165, 1.54) is 0 Å². The quantitative estimate of drug-likeness (QED) is 0.582. The van der Waals surface area contributed by atoms with Gasteiger partial charge >= 0.3 is 0 Å². The molecule has 5 N–H and O–H groups in total. The summed E-state index contributed by atoms with van der Waals surface area (Å²) in [4.78, 5) is 9.87. The number of nitrogen functional groups attached to an aromatic ring is 2. The molecule has 0 spiro atoms. The molecule has 0 amide bonds. The zero-order valence-electron chi connectivity index (χ0n) is 8.43. The van der Waals surface area contributed by atoms with E-state index in [-0.39, 0.29) is 12.1 Å². The highest BCUT2D eigenvalue weighted by Crippen LogP contribution is 2.19. The minimum atomic E-state index is -0.295. The molecule has 82 valence electrons. The van der Waals surface area contributed by atoms with Crippen molar-refractivity contribution in [2.75, 3.05) is 29.5 Å². The molecular formula is C9H15N5O. The molecule has 0 aromatic carbocycles. The Morgan fingerprint density at radius 1 is 1.40 bits per heavy atom. The Morgan fingerprint density at radius 3 is 2.87 bits per heavy atom. The zero-order chi connectivity index (χ0) is 10.8. The van der Waals surface area contributed by atoms with E-state index in [0.29, 0.717) is 18.2 Å². The summed E-state index contributed by atoms with van der Waals surface area (Å²) in [6, 6.07) is 1.68. The minimum Gasteiger partial charge on any atom is -0.391 e. The van der Waals surface area contributed by atoms with Gasteiger partial charge in [-0.25, -0.2) is 0 Å². The predicted octanol–water partition coefficient (Wildman–Crippen LogP) is -0.398. The smallest absolute Gasteiger partial charge is 0.223 e. The van der Waals surface area contributed by atoms with Crippen molar-refractivity contribution in [1.82, 2.24) is 9.97 Å². The number of hydrogen-bond acceptors (Lipinski definition) is 6. The number of β-amino-alcohol motifs (C(OH)–C–C–N with tert-alkyl or cyclic N) is 1. The van der Waals surface area contributed by atoms with Gasteiger partial charge in [0.05, 0.1) is 6.10 Å². The molecule has 6 nitrogen and oxygen atoms in total. The van der Waals surface area contributed by atoms with Gasteiger partial charge in [-0.1, -0.05) is 0 Å². The number of anilines is 3. The molecule has 0 saturated carbocycles. The maximum atomic E-state index is 9.53. The van der Waals surface area contributed by atoms with Gasteiger partial charge in [-0.3, -0.25) is 0 Å². The van der Waals surface area contributed by atoms with Crippen molar-refractivity contribution in [3.05, 3.63) is 6.07 Å². The number of rotatable bonds is 1. The van der Waals surface area contributed by atoms with Crippen LogP contribution >= 0.6 is 0 Å². The first-order valence-electron chi connectivity index (χ1n) is 4.98. The van der Waals surface area contributed by atoms with E-state index in [1.807, 2.05) is 4.90 Å². The average Bonchev–Trinajstić information content (AvgIpc) is 2.16. The van der Waals surface area contributed by atoms with Gasteiger partial charge in [0.25, 0.3) is 0 Å². The van der Waals surface area contributed by atoms with Crippen molar-refractivity contribution >= 4 is 17.6 Å². The van der Waals surface area contributed by atoms with E-state index in [1.54, 1.807) is 6.07 Å². The van der Waals surface area contributed by atoms with Crippen LogP contribution in [0.2, 0.25) is 0 Å². The number of nitrogens with two attached hydrogens (primary N) is 2. The lowest BCUT2D eigenvalue weighted by Gasteiger charge is -2.31. The third-order valence-corrected chi connectivity index (χ3v) is 2.47. The summed E-state index contributed by atoms with van der Waals surface area (Å²) in [7, 11) is 0. The number of piperidine rings is 1. The lowest BCUT2D eigenvalue weighted by atomic mass is 10.1. The first-order valence-corrected chi connectivity index (χ1v) is 4.98. The molecule has 0 radical (unpaired) electrons. The van der Waals surface area contributed by atoms with Gasteiger partial charge in [-0.05, 0) is 12.8 Å². The van der Waals surface area contributed by atoms with Crippen LogP contribution in [0.25, 0.3) is 0 Å². The second-order valence-electron chi connectivity index (χ2n) is 3.75. The fourth-order valence-electron chi connectivity index (χ4n) is 1.80. The molecule has 1 unspecified atom stereocenters. The average molecular weight is 209 g/mol. The number of hydrogen-bond donors (Lipinski definition) is 3. The molecule has 15 heavy (non-hydrogen) atoms. The van der Waals surface area contributed by atoms with Crippen molar-refractivity contribution in [3.63, 3.8) is 0 Å². The summed E-state index contributed by atoms with van der Waals surface area (Å²) in [5.41, 5.74) is 11.1. The molecule has 6 heteroatoms. The Balaban J connectivity index is 2.20. The molecule has 2 rings (SSSR count). The fraction of sp³-hybridized carbons (Fsp3) is 0.556.